The first-order chi connectivity index (χ1) is 10.2. The Morgan fingerprint density at radius 3 is 2.91 bits per heavy atom. The Labute approximate surface area is 152 Å². The third-order valence-electron chi connectivity index (χ3n) is 3.58. The van der Waals surface area contributed by atoms with E-state index in [1.54, 1.807) is 6.20 Å². The number of carbonyl (C=O) groups excluding carboxylic acids is 1. The first-order valence-corrected chi connectivity index (χ1v) is 7.99. The number of pyridine rings is 1. The van der Waals surface area contributed by atoms with Crippen molar-refractivity contribution in [2.45, 2.75) is 25.3 Å². The van der Waals surface area contributed by atoms with Crippen LogP contribution >= 0.6 is 36.2 Å². The van der Waals surface area contributed by atoms with Gasteiger partial charge in [0.2, 0.25) is 5.91 Å². The normalized spacial score (nSPS) is 17.1. The summed E-state index contributed by atoms with van der Waals surface area (Å²) < 4.78 is 0. The number of amides is 1. The molecule has 2 aromatic heterocycles. The summed E-state index contributed by atoms with van der Waals surface area (Å²) in [5, 5.41) is 2.79. The lowest BCUT2D eigenvalue weighted by atomic mass is 10.1. The molecule has 0 saturated carbocycles. The van der Waals surface area contributed by atoms with Gasteiger partial charge in [0.1, 0.15) is 5.01 Å². The lowest BCUT2D eigenvalue weighted by molar-refractivity contribution is -0.131. The van der Waals surface area contributed by atoms with E-state index in [9.17, 15) is 4.79 Å². The Bertz CT molecular complexity index is 623. The zero-order valence-electron chi connectivity index (χ0n) is 12.6. The van der Waals surface area contributed by atoms with Crippen LogP contribution < -0.4 is 5.73 Å². The molecule has 1 amide bonds. The molecule has 3 rings (SSSR count). The van der Waals surface area contributed by atoms with E-state index in [1.165, 1.54) is 11.3 Å². The van der Waals surface area contributed by atoms with E-state index in [0.29, 0.717) is 13.0 Å². The van der Waals surface area contributed by atoms with Gasteiger partial charge in [-0.1, -0.05) is 6.07 Å². The first-order valence-electron chi connectivity index (χ1n) is 7.11. The van der Waals surface area contributed by atoms with Crippen LogP contribution in [0.5, 0.6) is 0 Å². The van der Waals surface area contributed by atoms with E-state index >= 15 is 0 Å². The monoisotopic (exact) mass is 374 g/mol. The predicted octanol–water partition coefficient (Wildman–Crippen LogP) is 2.54. The van der Waals surface area contributed by atoms with Crippen LogP contribution in [0.15, 0.2) is 29.8 Å². The molecule has 0 radical (unpaired) electrons. The van der Waals surface area contributed by atoms with Gasteiger partial charge in [-0.25, -0.2) is 4.98 Å². The van der Waals surface area contributed by atoms with Gasteiger partial charge in [0.15, 0.2) is 0 Å². The first kappa shape index (κ1) is 19.8. The van der Waals surface area contributed by atoms with E-state index in [4.69, 9.17) is 5.73 Å². The molecule has 5 nitrogen and oxygen atoms in total. The number of hydrogen-bond acceptors (Lipinski definition) is 5. The van der Waals surface area contributed by atoms with Crippen molar-refractivity contribution < 1.29 is 4.79 Å². The van der Waals surface area contributed by atoms with Crippen molar-refractivity contribution in [3.63, 3.8) is 0 Å². The largest absolute Gasteiger partial charge is 0.341 e. The van der Waals surface area contributed by atoms with Crippen LogP contribution in [-0.2, 0) is 11.2 Å². The van der Waals surface area contributed by atoms with Gasteiger partial charge >= 0.3 is 0 Å². The number of likely N-dealkylation sites (tertiary alicyclic amines) is 1. The third-order valence-corrected chi connectivity index (χ3v) is 4.49. The number of halogens is 2. The molecule has 1 aliphatic heterocycles. The molecule has 1 unspecified atom stereocenters. The van der Waals surface area contributed by atoms with Crippen LogP contribution in [0.25, 0.3) is 10.7 Å². The van der Waals surface area contributed by atoms with E-state index in [1.807, 2.05) is 28.5 Å². The van der Waals surface area contributed by atoms with Gasteiger partial charge in [0, 0.05) is 30.7 Å². The number of thiazole rings is 1. The number of carbonyl (C=O) groups is 1. The summed E-state index contributed by atoms with van der Waals surface area (Å²) in [5.74, 6) is 0.114. The van der Waals surface area contributed by atoms with Crippen molar-refractivity contribution in [2.75, 3.05) is 13.1 Å². The number of piperidine rings is 1. The molecule has 2 N–H and O–H groups in total. The molecule has 1 aliphatic rings. The summed E-state index contributed by atoms with van der Waals surface area (Å²) in [5.41, 5.74) is 7.58. The van der Waals surface area contributed by atoms with Crippen molar-refractivity contribution >= 4 is 42.1 Å². The number of hydrogen-bond donors (Lipinski definition) is 1. The Morgan fingerprint density at radius 2 is 2.22 bits per heavy atom. The molecule has 8 heteroatoms. The quantitative estimate of drug-likeness (QED) is 0.895. The zero-order chi connectivity index (χ0) is 14.7. The van der Waals surface area contributed by atoms with Crippen molar-refractivity contribution in [2.24, 2.45) is 5.73 Å². The summed E-state index contributed by atoms with van der Waals surface area (Å²) in [4.78, 5) is 22.9. The average Bonchev–Trinajstić information content (AvgIpc) is 2.97. The van der Waals surface area contributed by atoms with Gasteiger partial charge in [-0.15, -0.1) is 36.2 Å². The fraction of sp³-hybridized carbons (Fsp3) is 0.400. The molecule has 2 aromatic rings. The minimum absolute atomic E-state index is 0. The molecule has 1 atom stereocenters. The van der Waals surface area contributed by atoms with Crippen molar-refractivity contribution in [1.82, 2.24) is 14.9 Å². The van der Waals surface area contributed by atoms with Gasteiger partial charge in [-0.05, 0) is 25.0 Å². The lowest BCUT2D eigenvalue weighted by Crippen LogP contribution is -2.46. The van der Waals surface area contributed by atoms with Gasteiger partial charge in [0.05, 0.1) is 17.8 Å². The summed E-state index contributed by atoms with van der Waals surface area (Å²) in [6.45, 7) is 1.47. The maximum Gasteiger partial charge on any atom is 0.228 e. The molecule has 126 valence electrons. The van der Waals surface area contributed by atoms with Gasteiger partial charge < -0.3 is 10.6 Å². The van der Waals surface area contributed by atoms with Crippen LogP contribution in [0, 0.1) is 0 Å². The van der Waals surface area contributed by atoms with E-state index < -0.39 is 0 Å². The fourth-order valence-corrected chi connectivity index (χ4v) is 3.29. The number of rotatable bonds is 3. The molecule has 0 aliphatic carbocycles. The molecule has 0 bridgehead atoms. The summed E-state index contributed by atoms with van der Waals surface area (Å²) in [6.07, 6.45) is 4.08. The molecular formula is C15H20Cl2N4OS. The van der Waals surface area contributed by atoms with Crippen LogP contribution in [0.2, 0.25) is 0 Å². The van der Waals surface area contributed by atoms with Crippen molar-refractivity contribution in [1.29, 1.82) is 0 Å². The van der Waals surface area contributed by atoms with Crippen LogP contribution in [-0.4, -0.2) is 39.9 Å². The number of nitrogens with two attached hydrogens (primary N) is 1. The zero-order valence-corrected chi connectivity index (χ0v) is 15.0. The fourth-order valence-electron chi connectivity index (χ4n) is 2.50. The predicted molar refractivity (Wildman–Crippen MR) is 97.3 cm³/mol. The van der Waals surface area contributed by atoms with E-state index in [2.05, 4.69) is 9.97 Å². The van der Waals surface area contributed by atoms with Crippen molar-refractivity contribution in [3.05, 3.63) is 35.5 Å². The SMILES string of the molecule is Cl.Cl.NC1CCCN(C(=O)Cc2csc(-c3ccccn3)n2)C1. The van der Waals surface area contributed by atoms with E-state index in [0.717, 1.165) is 35.8 Å². The third kappa shape index (κ3) is 5.14. The second-order valence-electron chi connectivity index (χ2n) is 5.28. The molecular weight excluding hydrogens is 355 g/mol. The Hall–Kier alpha value is -1.21. The van der Waals surface area contributed by atoms with Crippen LogP contribution in [0.3, 0.4) is 0 Å². The minimum Gasteiger partial charge on any atom is -0.341 e. The highest BCUT2D eigenvalue weighted by molar-refractivity contribution is 7.13. The van der Waals surface area contributed by atoms with Crippen LogP contribution in [0.1, 0.15) is 18.5 Å². The number of nitrogens with zero attached hydrogens (tertiary/aromatic N) is 3. The van der Waals surface area contributed by atoms with Gasteiger partial charge in [0.25, 0.3) is 0 Å². The molecule has 3 heterocycles. The van der Waals surface area contributed by atoms with Gasteiger partial charge in [-0.2, -0.15) is 0 Å². The highest BCUT2D eigenvalue weighted by Gasteiger charge is 2.22. The van der Waals surface area contributed by atoms with Gasteiger partial charge in [-0.3, -0.25) is 9.78 Å². The molecule has 0 aromatic carbocycles. The minimum atomic E-state index is 0. The van der Waals surface area contributed by atoms with Crippen LogP contribution in [0.4, 0.5) is 0 Å². The molecule has 0 spiro atoms. The standard InChI is InChI=1S/C15H18N4OS.2ClH/c16-11-4-3-7-19(9-11)14(20)8-12-10-21-15(18-12)13-5-1-2-6-17-13;;/h1-2,5-6,10-11H,3-4,7-9,16H2;2*1H. The molecule has 1 saturated heterocycles. The summed E-state index contributed by atoms with van der Waals surface area (Å²) in [7, 11) is 0. The molecule has 1 fully saturated rings. The maximum absolute atomic E-state index is 12.3. The number of aromatic nitrogens is 2. The Balaban J connectivity index is 0.00000132. The smallest absolute Gasteiger partial charge is 0.228 e. The summed E-state index contributed by atoms with van der Waals surface area (Å²) >= 11 is 1.52. The maximum atomic E-state index is 12.3. The Kier molecular flexibility index (Phi) is 7.91. The second kappa shape index (κ2) is 9.17. The van der Waals surface area contributed by atoms with Crippen molar-refractivity contribution in [3.8, 4) is 10.7 Å². The highest BCUT2D eigenvalue weighted by atomic mass is 35.5. The topological polar surface area (TPSA) is 72.1 Å². The lowest BCUT2D eigenvalue weighted by Gasteiger charge is -2.30. The second-order valence-corrected chi connectivity index (χ2v) is 6.14. The summed E-state index contributed by atoms with van der Waals surface area (Å²) in [6, 6.07) is 5.85. The molecule has 23 heavy (non-hydrogen) atoms. The van der Waals surface area contributed by atoms with E-state index in [-0.39, 0.29) is 36.8 Å². The average molecular weight is 375 g/mol. The highest BCUT2D eigenvalue weighted by Crippen LogP contribution is 2.22. The Morgan fingerprint density at radius 1 is 1.39 bits per heavy atom.